The average molecular weight is 480 g/mol. The fourth-order valence-corrected chi connectivity index (χ4v) is 4.79. The monoisotopic (exact) mass is 479 g/mol. The lowest BCUT2D eigenvalue weighted by atomic mass is 10.1. The number of aryl methyl sites for hydroxylation is 3. The summed E-state index contributed by atoms with van der Waals surface area (Å²) in [6.07, 6.45) is 0. The van der Waals surface area contributed by atoms with Crippen LogP contribution < -0.4 is 15.4 Å². The first kappa shape index (κ1) is 25.0. The minimum Gasteiger partial charge on any atom is -0.350 e. The maximum absolute atomic E-state index is 13.2. The van der Waals surface area contributed by atoms with Gasteiger partial charge in [0, 0.05) is 11.6 Å². The summed E-state index contributed by atoms with van der Waals surface area (Å²) >= 11 is 0. The van der Waals surface area contributed by atoms with Crippen molar-refractivity contribution in [3.63, 3.8) is 0 Å². The van der Waals surface area contributed by atoms with Crippen LogP contribution in [-0.4, -0.2) is 26.3 Å². The van der Waals surface area contributed by atoms with Crippen molar-refractivity contribution in [2.45, 2.75) is 45.6 Å². The Kier molecular flexibility index (Phi) is 7.41. The van der Waals surface area contributed by atoms with E-state index >= 15 is 0 Å². The standard InChI is InChI=1S/C26H29N3O4S/c1-16(2)27-26(31)21-8-6-7-9-22(21)28-25(30)20-13-12-19(5)24(15-20)34(32,33)29-23-14-17(3)10-11-18(23)4/h6-16,29H,1-5H3,(H,27,31)(H,28,30). The molecule has 3 aromatic carbocycles. The number of rotatable bonds is 7. The Morgan fingerprint density at radius 1 is 0.794 bits per heavy atom. The van der Waals surface area contributed by atoms with Crippen LogP contribution in [0.25, 0.3) is 0 Å². The van der Waals surface area contributed by atoms with E-state index in [-0.39, 0.29) is 22.4 Å². The Balaban J connectivity index is 1.90. The van der Waals surface area contributed by atoms with Crippen molar-refractivity contribution in [2.75, 3.05) is 10.0 Å². The molecule has 3 rings (SSSR count). The van der Waals surface area contributed by atoms with E-state index in [0.29, 0.717) is 22.5 Å². The van der Waals surface area contributed by atoms with Crippen molar-refractivity contribution >= 4 is 33.2 Å². The normalized spacial score (nSPS) is 11.2. The predicted molar refractivity (Wildman–Crippen MR) is 135 cm³/mol. The highest BCUT2D eigenvalue weighted by Gasteiger charge is 2.21. The van der Waals surface area contributed by atoms with Gasteiger partial charge in [-0.3, -0.25) is 14.3 Å². The summed E-state index contributed by atoms with van der Waals surface area (Å²) < 4.78 is 29.0. The minimum atomic E-state index is -3.94. The third kappa shape index (κ3) is 5.82. The van der Waals surface area contributed by atoms with Crippen LogP contribution in [0, 0.1) is 20.8 Å². The summed E-state index contributed by atoms with van der Waals surface area (Å²) in [5.41, 5.74) is 3.52. The number of hydrogen-bond acceptors (Lipinski definition) is 4. The Bertz CT molecular complexity index is 1350. The Labute approximate surface area is 200 Å². The van der Waals surface area contributed by atoms with E-state index in [0.717, 1.165) is 11.1 Å². The molecule has 34 heavy (non-hydrogen) atoms. The quantitative estimate of drug-likeness (QED) is 0.453. The predicted octanol–water partition coefficient (Wildman–Crippen LogP) is 4.80. The van der Waals surface area contributed by atoms with Gasteiger partial charge in [0.15, 0.2) is 0 Å². The molecule has 0 bridgehead atoms. The van der Waals surface area contributed by atoms with E-state index in [1.54, 1.807) is 49.4 Å². The molecule has 0 fully saturated rings. The van der Waals surface area contributed by atoms with Gasteiger partial charge in [0.25, 0.3) is 21.8 Å². The van der Waals surface area contributed by atoms with Crippen LogP contribution in [-0.2, 0) is 10.0 Å². The molecule has 0 heterocycles. The number of benzene rings is 3. The summed E-state index contributed by atoms with van der Waals surface area (Å²) in [5.74, 6) is -0.830. The number of carbonyl (C=O) groups excluding carboxylic acids is 2. The van der Waals surface area contributed by atoms with Gasteiger partial charge in [-0.05, 0) is 81.6 Å². The fraction of sp³-hybridized carbons (Fsp3) is 0.231. The molecule has 0 radical (unpaired) electrons. The summed E-state index contributed by atoms with van der Waals surface area (Å²) in [7, 11) is -3.94. The zero-order valence-electron chi connectivity index (χ0n) is 19.9. The highest BCUT2D eigenvalue weighted by Crippen LogP contribution is 2.24. The van der Waals surface area contributed by atoms with Gasteiger partial charge in [-0.25, -0.2) is 8.42 Å². The summed E-state index contributed by atoms with van der Waals surface area (Å²) in [5, 5.41) is 5.53. The van der Waals surface area contributed by atoms with Gasteiger partial charge in [0.05, 0.1) is 21.8 Å². The van der Waals surface area contributed by atoms with Gasteiger partial charge in [-0.2, -0.15) is 0 Å². The van der Waals surface area contributed by atoms with Crippen molar-refractivity contribution in [1.29, 1.82) is 0 Å². The fourth-order valence-electron chi connectivity index (χ4n) is 3.40. The molecule has 0 atom stereocenters. The largest absolute Gasteiger partial charge is 0.350 e. The van der Waals surface area contributed by atoms with Gasteiger partial charge in [-0.15, -0.1) is 0 Å². The molecule has 0 aliphatic rings. The summed E-state index contributed by atoms with van der Waals surface area (Å²) in [6.45, 7) is 9.07. The van der Waals surface area contributed by atoms with Crippen molar-refractivity contribution in [1.82, 2.24) is 5.32 Å². The molecule has 7 nitrogen and oxygen atoms in total. The van der Waals surface area contributed by atoms with Crippen LogP contribution in [0.4, 0.5) is 11.4 Å². The Morgan fingerprint density at radius 2 is 1.47 bits per heavy atom. The second-order valence-electron chi connectivity index (χ2n) is 8.53. The molecule has 0 aromatic heterocycles. The smallest absolute Gasteiger partial charge is 0.262 e. The van der Waals surface area contributed by atoms with E-state index in [1.807, 2.05) is 39.8 Å². The van der Waals surface area contributed by atoms with Crippen molar-refractivity contribution in [2.24, 2.45) is 0 Å². The molecule has 3 aromatic rings. The lowest BCUT2D eigenvalue weighted by Crippen LogP contribution is -2.31. The van der Waals surface area contributed by atoms with Crippen LogP contribution in [0.1, 0.15) is 51.3 Å². The highest BCUT2D eigenvalue weighted by molar-refractivity contribution is 7.92. The van der Waals surface area contributed by atoms with E-state index in [1.165, 1.54) is 6.07 Å². The number of nitrogens with one attached hydrogen (secondary N) is 3. The first-order valence-corrected chi connectivity index (χ1v) is 12.4. The van der Waals surface area contributed by atoms with E-state index in [9.17, 15) is 18.0 Å². The number of amides is 2. The first-order valence-electron chi connectivity index (χ1n) is 10.9. The molecule has 8 heteroatoms. The van der Waals surface area contributed by atoms with E-state index in [2.05, 4.69) is 15.4 Å². The zero-order valence-corrected chi connectivity index (χ0v) is 20.7. The summed E-state index contributed by atoms with van der Waals surface area (Å²) in [4.78, 5) is 25.5. The van der Waals surface area contributed by atoms with Gasteiger partial charge >= 0.3 is 0 Å². The van der Waals surface area contributed by atoms with Crippen LogP contribution in [0.5, 0.6) is 0 Å². The molecular weight excluding hydrogens is 450 g/mol. The number of sulfonamides is 1. The Morgan fingerprint density at radius 3 is 2.18 bits per heavy atom. The average Bonchev–Trinajstić information content (AvgIpc) is 2.76. The highest BCUT2D eigenvalue weighted by atomic mass is 32.2. The molecule has 0 aliphatic carbocycles. The van der Waals surface area contributed by atoms with Crippen molar-refractivity contribution in [3.8, 4) is 0 Å². The zero-order chi connectivity index (χ0) is 25.0. The van der Waals surface area contributed by atoms with Gasteiger partial charge < -0.3 is 10.6 Å². The molecule has 0 saturated heterocycles. The summed E-state index contributed by atoms with van der Waals surface area (Å²) in [6, 6.07) is 16.6. The lowest BCUT2D eigenvalue weighted by molar-refractivity contribution is 0.0944. The molecule has 0 spiro atoms. The molecule has 178 valence electrons. The molecule has 0 aliphatic heterocycles. The SMILES string of the molecule is Cc1ccc(C)c(NS(=O)(=O)c2cc(C(=O)Nc3ccccc3C(=O)NC(C)C)ccc2C)c1. The van der Waals surface area contributed by atoms with Crippen molar-refractivity contribution in [3.05, 3.63) is 88.5 Å². The van der Waals surface area contributed by atoms with Crippen molar-refractivity contribution < 1.29 is 18.0 Å². The topological polar surface area (TPSA) is 104 Å². The van der Waals surface area contributed by atoms with Crippen LogP contribution in [0.3, 0.4) is 0 Å². The van der Waals surface area contributed by atoms with Gasteiger partial charge in [-0.1, -0.05) is 30.3 Å². The second-order valence-corrected chi connectivity index (χ2v) is 10.2. The number of carbonyl (C=O) groups is 2. The minimum absolute atomic E-state index is 0.00638. The van der Waals surface area contributed by atoms with Gasteiger partial charge in [0.2, 0.25) is 0 Å². The lowest BCUT2D eigenvalue weighted by Gasteiger charge is -2.15. The number of hydrogen-bond donors (Lipinski definition) is 3. The van der Waals surface area contributed by atoms with Crippen LogP contribution >= 0.6 is 0 Å². The maximum atomic E-state index is 13.2. The molecule has 0 saturated carbocycles. The first-order chi connectivity index (χ1) is 16.0. The maximum Gasteiger partial charge on any atom is 0.262 e. The van der Waals surface area contributed by atoms with Gasteiger partial charge in [0.1, 0.15) is 0 Å². The van der Waals surface area contributed by atoms with Crippen LogP contribution in [0.15, 0.2) is 65.6 Å². The third-order valence-electron chi connectivity index (χ3n) is 5.22. The Hall–Kier alpha value is -3.65. The second kappa shape index (κ2) is 10.1. The van der Waals surface area contributed by atoms with E-state index < -0.39 is 15.9 Å². The number of anilines is 2. The molecule has 3 N–H and O–H groups in total. The molecule has 2 amide bonds. The van der Waals surface area contributed by atoms with E-state index in [4.69, 9.17) is 0 Å². The third-order valence-corrected chi connectivity index (χ3v) is 6.72. The molecule has 0 unspecified atom stereocenters. The van der Waals surface area contributed by atoms with Crippen LogP contribution in [0.2, 0.25) is 0 Å². The number of para-hydroxylation sites is 1. The molecular formula is C26H29N3O4S.